The van der Waals surface area contributed by atoms with Gasteiger partial charge in [0.25, 0.3) is 0 Å². The summed E-state index contributed by atoms with van der Waals surface area (Å²) in [6.45, 7) is 0. The Morgan fingerprint density at radius 1 is 0.397 bits per heavy atom. The minimum atomic E-state index is -0.114. The SMILES string of the molecule is c1ccc(-c2cccc(N(c3ccc4c(c3)sc3ccccc34)c3cccc4c3C35c6c(cccc6N(c6ccccc6)c6ccccc6)CC3CCC5C4)c2)cc1. The van der Waals surface area contributed by atoms with Crippen LogP contribution in [0.15, 0.2) is 194 Å². The Labute approximate surface area is 344 Å². The predicted molar refractivity (Wildman–Crippen MR) is 245 cm³/mol. The molecule has 0 radical (unpaired) electrons. The molecule has 2 nitrogen and oxygen atoms in total. The molecule has 58 heavy (non-hydrogen) atoms. The van der Waals surface area contributed by atoms with Crippen molar-refractivity contribution in [1.82, 2.24) is 0 Å². The molecule has 1 heterocycles. The third-order valence-corrected chi connectivity index (χ3v) is 14.6. The normalized spacial score (nSPS) is 18.8. The molecule has 12 rings (SSSR count). The topological polar surface area (TPSA) is 6.48 Å². The standard InChI is InChI=1S/C55H42N2S/c1-4-15-37(16-5-1)38-17-12-24-45(35-38)57(46-31-32-48-47-25-10-11-28-51(47)58-52(48)36-46)50-27-14-19-40-34-42-30-29-41-33-39-18-13-26-49(53(39)55(41,42)54(40)50)56(43-20-6-2-7-21-43)44-22-8-3-9-23-44/h1-28,31-32,35-36,41-42H,29-30,33-34H2. The van der Waals surface area contributed by atoms with Crippen LogP contribution in [0.25, 0.3) is 31.3 Å². The molecule has 0 saturated heterocycles. The Kier molecular flexibility index (Phi) is 7.74. The molecular formula is C55H42N2S. The van der Waals surface area contributed by atoms with E-state index in [1.807, 2.05) is 11.3 Å². The largest absolute Gasteiger partial charge is 0.310 e. The third kappa shape index (κ3) is 5.03. The zero-order valence-electron chi connectivity index (χ0n) is 32.3. The Balaban J connectivity index is 1.12. The summed E-state index contributed by atoms with van der Waals surface area (Å²) in [7, 11) is 0. The van der Waals surface area contributed by atoms with Crippen LogP contribution in [0, 0.1) is 11.8 Å². The van der Waals surface area contributed by atoms with E-state index in [1.54, 1.807) is 5.56 Å². The molecule has 9 aromatic rings. The van der Waals surface area contributed by atoms with Crippen LogP contribution in [0.1, 0.15) is 35.1 Å². The van der Waals surface area contributed by atoms with Crippen molar-refractivity contribution in [2.45, 2.75) is 31.1 Å². The minimum absolute atomic E-state index is 0.114. The monoisotopic (exact) mass is 762 g/mol. The van der Waals surface area contributed by atoms with Crippen LogP contribution in [0.3, 0.4) is 0 Å². The summed E-state index contributed by atoms with van der Waals surface area (Å²) < 4.78 is 2.65. The highest BCUT2D eigenvalue weighted by molar-refractivity contribution is 7.25. The molecule has 3 aliphatic carbocycles. The first-order valence-electron chi connectivity index (χ1n) is 20.8. The summed E-state index contributed by atoms with van der Waals surface area (Å²) in [6.07, 6.45) is 4.72. The second kappa shape index (κ2) is 13.3. The van der Waals surface area contributed by atoms with Crippen molar-refractivity contribution in [2.24, 2.45) is 11.8 Å². The Bertz CT molecular complexity index is 2940. The smallest absolute Gasteiger partial charge is 0.0505 e. The number of hydrogen-bond acceptors (Lipinski definition) is 3. The number of benzene rings is 8. The van der Waals surface area contributed by atoms with E-state index in [9.17, 15) is 0 Å². The molecule has 0 aliphatic heterocycles. The van der Waals surface area contributed by atoms with Crippen LogP contribution >= 0.6 is 11.3 Å². The van der Waals surface area contributed by atoms with Crippen molar-refractivity contribution in [3.8, 4) is 11.1 Å². The first kappa shape index (κ1) is 33.7. The Morgan fingerprint density at radius 3 is 1.55 bits per heavy atom. The second-order valence-electron chi connectivity index (χ2n) is 16.4. The van der Waals surface area contributed by atoms with Gasteiger partial charge in [0.15, 0.2) is 0 Å². The molecule has 0 amide bonds. The fraction of sp³-hybridized carbons (Fsp3) is 0.127. The molecule has 3 atom stereocenters. The van der Waals surface area contributed by atoms with E-state index in [1.165, 1.54) is 95.0 Å². The van der Waals surface area contributed by atoms with E-state index in [0.29, 0.717) is 11.8 Å². The highest BCUT2D eigenvalue weighted by Crippen LogP contribution is 2.69. The van der Waals surface area contributed by atoms with E-state index in [0.717, 1.165) is 12.8 Å². The number of nitrogens with zero attached hydrogens (tertiary/aromatic N) is 2. The maximum Gasteiger partial charge on any atom is 0.0505 e. The van der Waals surface area contributed by atoms with Gasteiger partial charge in [0.1, 0.15) is 0 Å². The number of fused-ring (bicyclic) bond motifs is 5. The molecule has 278 valence electrons. The van der Waals surface area contributed by atoms with Crippen molar-refractivity contribution in [2.75, 3.05) is 9.80 Å². The van der Waals surface area contributed by atoms with Gasteiger partial charge >= 0.3 is 0 Å². The van der Waals surface area contributed by atoms with Gasteiger partial charge in [-0.05, 0) is 138 Å². The average molecular weight is 763 g/mol. The number of anilines is 6. The van der Waals surface area contributed by atoms with Crippen molar-refractivity contribution >= 4 is 65.6 Å². The van der Waals surface area contributed by atoms with Gasteiger partial charge in [0.2, 0.25) is 0 Å². The molecule has 3 unspecified atom stereocenters. The zero-order chi connectivity index (χ0) is 38.2. The summed E-state index contributed by atoms with van der Waals surface area (Å²) >= 11 is 1.90. The van der Waals surface area contributed by atoms with Gasteiger partial charge in [-0.15, -0.1) is 11.3 Å². The summed E-state index contributed by atoms with van der Waals surface area (Å²) in [4.78, 5) is 5.14. The van der Waals surface area contributed by atoms with Crippen molar-refractivity contribution < 1.29 is 0 Å². The van der Waals surface area contributed by atoms with Crippen molar-refractivity contribution in [3.63, 3.8) is 0 Å². The van der Waals surface area contributed by atoms with Crippen LogP contribution in [-0.2, 0) is 18.3 Å². The summed E-state index contributed by atoms with van der Waals surface area (Å²) in [5, 5.41) is 2.66. The molecule has 1 saturated carbocycles. The summed E-state index contributed by atoms with van der Waals surface area (Å²) in [5.74, 6) is 1.07. The lowest BCUT2D eigenvalue weighted by Gasteiger charge is -2.40. The van der Waals surface area contributed by atoms with Crippen LogP contribution < -0.4 is 9.80 Å². The first-order valence-corrected chi connectivity index (χ1v) is 21.6. The van der Waals surface area contributed by atoms with E-state index in [-0.39, 0.29) is 5.41 Å². The van der Waals surface area contributed by atoms with Gasteiger partial charge in [-0.1, -0.05) is 127 Å². The van der Waals surface area contributed by atoms with Crippen molar-refractivity contribution in [1.29, 1.82) is 0 Å². The molecular weight excluding hydrogens is 721 g/mol. The van der Waals surface area contributed by atoms with Gasteiger partial charge < -0.3 is 9.80 Å². The summed E-state index contributed by atoms with van der Waals surface area (Å²) in [6, 6.07) is 72.4. The maximum atomic E-state index is 2.61. The highest BCUT2D eigenvalue weighted by Gasteiger charge is 2.62. The van der Waals surface area contributed by atoms with Gasteiger partial charge in [-0.2, -0.15) is 0 Å². The van der Waals surface area contributed by atoms with Gasteiger partial charge in [-0.25, -0.2) is 0 Å². The van der Waals surface area contributed by atoms with Crippen molar-refractivity contribution in [3.05, 3.63) is 216 Å². The molecule has 1 aromatic heterocycles. The third-order valence-electron chi connectivity index (χ3n) is 13.5. The number of rotatable bonds is 7. The highest BCUT2D eigenvalue weighted by atomic mass is 32.1. The molecule has 1 fully saturated rings. The van der Waals surface area contributed by atoms with E-state index < -0.39 is 0 Å². The number of hydrogen-bond donors (Lipinski definition) is 0. The zero-order valence-corrected chi connectivity index (χ0v) is 33.1. The molecule has 3 aliphatic rings. The minimum Gasteiger partial charge on any atom is -0.310 e. The fourth-order valence-corrected chi connectivity index (χ4v) is 12.5. The molecule has 3 heteroatoms. The van der Waals surface area contributed by atoms with Crippen LogP contribution in [0.5, 0.6) is 0 Å². The van der Waals surface area contributed by atoms with Crippen LogP contribution in [0.4, 0.5) is 34.1 Å². The Hall–Kier alpha value is -6.42. The van der Waals surface area contributed by atoms with Gasteiger partial charge in [-0.3, -0.25) is 0 Å². The van der Waals surface area contributed by atoms with E-state index in [2.05, 4.69) is 204 Å². The second-order valence-corrected chi connectivity index (χ2v) is 17.5. The van der Waals surface area contributed by atoms with E-state index in [4.69, 9.17) is 0 Å². The molecule has 1 spiro atoms. The molecule has 0 bridgehead atoms. The van der Waals surface area contributed by atoms with Gasteiger partial charge in [0.05, 0.1) is 11.4 Å². The number of para-hydroxylation sites is 2. The lowest BCUT2D eigenvalue weighted by atomic mass is 9.68. The first-order chi connectivity index (χ1) is 28.8. The van der Waals surface area contributed by atoms with E-state index >= 15 is 0 Å². The molecule has 0 N–H and O–H groups in total. The average Bonchev–Trinajstić information content (AvgIpc) is 4.02. The Morgan fingerprint density at radius 2 is 0.897 bits per heavy atom. The quantitative estimate of drug-likeness (QED) is 0.160. The van der Waals surface area contributed by atoms with Crippen LogP contribution in [0.2, 0.25) is 0 Å². The maximum absolute atomic E-state index is 2.61. The van der Waals surface area contributed by atoms with Crippen LogP contribution in [-0.4, -0.2) is 0 Å². The number of thiophene rings is 1. The summed E-state index contributed by atoms with van der Waals surface area (Å²) in [5.41, 5.74) is 15.8. The fourth-order valence-electron chi connectivity index (χ4n) is 11.3. The lowest BCUT2D eigenvalue weighted by molar-refractivity contribution is 0.350. The molecule has 8 aromatic carbocycles. The van der Waals surface area contributed by atoms with Gasteiger partial charge in [0, 0.05) is 48.3 Å². The lowest BCUT2D eigenvalue weighted by Crippen LogP contribution is -2.34. The predicted octanol–water partition coefficient (Wildman–Crippen LogP) is 15.1.